The quantitative estimate of drug-likeness (QED) is 0.595. The molecule has 0 bridgehead atoms. The van der Waals surface area contributed by atoms with Crippen LogP contribution in [0.4, 0.5) is 4.79 Å². The van der Waals surface area contributed by atoms with Gasteiger partial charge in [-0.1, -0.05) is 48.5 Å². The summed E-state index contributed by atoms with van der Waals surface area (Å²) in [5.41, 5.74) is 3.98. The van der Waals surface area contributed by atoms with E-state index in [1.807, 2.05) is 62.4 Å². The molecule has 1 aliphatic carbocycles. The van der Waals surface area contributed by atoms with E-state index in [-0.39, 0.29) is 24.2 Å². The first-order valence-electron chi connectivity index (χ1n) is 11.0. The number of carbonyl (C=O) groups excluding carboxylic acids is 2. The van der Waals surface area contributed by atoms with Gasteiger partial charge in [0.1, 0.15) is 12.6 Å². The Hall–Kier alpha value is -3.39. The van der Waals surface area contributed by atoms with Crippen molar-refractivity contribution < 1.29 is 29.0 Å². The first-order valence-corrected chi connectivity index (χ1v) is 11.0. The largest absolute Gasteiger partial charge is 0.481 e. The first kappa shape index (κ1) is 22.8. The van der Waals surface area contributed by atoms with Gasteiger partial charge in [0.05, 0.1) is 24.7 Å². The number of ether oxygens (including phenoxy) is 2. The summed E-state index contributed by atoms with van der Waals surface area (Å²) in [6.07, 6.45) is -0.780. The number of carbonyl (C=O) groups is 3. The van der Waals surface area contributed by atoms with E-state index >= 15 is 0 Å². The van der Waals surface area contributed by atoms with Gasteiger partial charge in [-0.05, 0) is 42.5 Å². The second-order valence-corrected chi connectivity index (χ2v) is 9.10. The van der Waals surface area contributed by atoms with Crippen molar-refractivity contribution in [2.45, 2.75) is 50.3 Å². The lowest BCUT2D eigenvalue weighted by Gasteiger charge is -2.21. The maximum absolute atomic E-state index is 12.7. The Balaban J connectivity index is 1.39. The fraction of sp³-hybridized carbons (Fsp3) is 0.400. The van der Waals surface area contributed by atoms with Crippen LogP contribution < -0.4 is 10.6 Å². The molecule has 0 aromatic heterocycles. The molecule has 4 rings (SSSR count). The van der Waals surface area contributed by atoms with Crippen LogP contribution in [0.1, 0.15) is 43.7 Å². The number of amides is 2. The molecule has 0 spiro atoms. The summed E-state index contributed by atoms with van der Waals surface area (Å²) < 4.78 is 11.1. The molecular formula is C25H28N2O6. The van der Waals surface area contributed by atoms with Gasteiger partial charge in [0.25, 0.3) is 0 Å². The molecule has 0 radical (unpaired) electrons. The molecule has 2 aromatic carbocycles. The number of benzene rings is 2. The van der Waals surface area contributed by atoms with Crippen molar-refractivity contribution in [3.8, 4) is 11.1 Å². The molecule has 2 aliphatic rings. The van der Waals surface area contributed by atoms with E-state index in [2.05, 4.69) is 10.6 Å². The summed E-state index contributed by atoms with van der Waals surface area (Å²) in [7, 11) is 0. The van der Waals surface area contributed by atoms with Crippen LogP contribution in [-0.2, 0) is 19.1 Å². The standard InChI is InChI=1S/C25H28N2O6/c1-25(2)12-15(13-33-25)26-23(30)21(11-22(28)29)27-24(31)32-14-20-18-9-5-3-7-16(18)17-8-4-6-10-19(17)20/h3-10,15,20-21H,11-14H2,1-2H3,(H,26,30)(H,27,31)(H,28,29). The number of carboxylic acids is 1. The lowest BCUT2D eigenvalue weighted by atomic mass is 9.98. The Kier molecular flexibility index (Phi) is 6.37. The molecular weight excluding hydrogens is 424 g/mol. The highest BCUT2D eigenvalue weighted by molar-refractivity contribution is 5.89. The minimum atomic E-state index is -1.25. The Morgan fingerprint density at radius 3 is 2.24 bits per heavy atom. The van der Waals surface area contributed by atoms with Crippen LogP contribution in [-0.4, -0.2) is 54.0 Å². The van der Waals surface area contributed by atoms with Gasteiger partial charge in [-0.2, -0.15) is 0 Å². The molecule has 3 N–H and O–H groups in total. The molecule has 1 fully saturated rings. The minimum Gasteiger partial charge on any atom is -0.481 e. The molecule has 2 unspecified atom stereocenters. The summed E-state index contributed by atoms with van der Waals surface area (Å²) in [4.78, 5) is 36.5. The number of aliphatic carboxylic acids is 1. The third-order valence-corrected chi connectivity index (χ3v) is 6.09. The monoisotopic (exact) mass is 452 g/mol. The Morgan fingerprint density at radius 2 is 1.70 bits per heavy atom. The van der Waals surface area contributed by atoms with Crippen LogP contribution in [0, 0.1) is 0 Å². The number of carboxylic acid groups (broad SMARTS) is 1. The van der Waals surface area contributed by atoms with E-state index in [9.17, 15) is 19.5 Å². The van der Waals surface area contributed by atoms with Crippen LogP contribution in [0.5, 0.6) is 0 Å². The average Bonchev–Trinajstić information content (AvgIpc) is 3.28. The number of fused-ring (bicyclic) bond motifs is 3. The second kappa shape index (κ2) is 9.23. The fourth-order valence-corrected chi connectivity index (χ4v) is 4.60. The molecule has 2 atom stereocenters. The average molecular weight is 453 g/mol. The van der Waals surface area contributed by atoms with E-state index in [4.69, 9.17) is 9.47 Å². The lowest BCUT2D eigenvalue weighted by molar-refractivity contribution is -0.140. The molecule has 1 saturated heterocycles. The van der Waals surface area contributed by atoms with Gasteiger partial charge in [0, 0.05) is 5.92 Å². The molecule has 8 nitrogen and oxygen atoms in total. The van der Waals surface area contributed by atoms with Crippen LogP contribution in [0.2, 0.25) is 0 Å². The van der Waals surface area contributed by atoms with Gasteiger partial charge >= 0.3 is 12.1 Å². The fourth-order valence-electron chi connectivity index (χ4n) is 4.60. The molecule has 0 saturated carbocycles. The van der Waals surface area contributed by atoms with Crippen molar-refractivity contribution in [1.82, 2.24) is 10.6 Å². The van der Waals surface area contributed by atoms with Gasteiger partial charge in [-0.3, -0.25) is 9.59 Å². The van der Waals surface area contributed by atoms with Crippen molar-refractivity contribution in [1.29, 1.82) is 0 Å². The normalized spacial score (nSPS) is 19.3. The maximum Gasteiger partial charge on any atom is 0.407 e. The highest BCUT2D eigenvalue weighted by Crippen LogP contribution is 2.44. The predicted octanol–water partition coefficient (Wildman–Crippen LogP) is 3.05. The van der Waals surface area contributed by atoms with Crippen LogP contribution in [0.25, 0.3) is 11.1 Å². The van der Waals surface area contributed by atoms with Crippen molar-refractivity contribution in [2.75, 3.05) is 13.2 Å². The Morgan fingerprint density at radius 1 is 1.09 bits per heavy atom. The topological polar surface area (TPSA) is 114 Å². The summed E-state index contributed by atoms with van der Waals surface area (Å²) in [5, 5.41) is 14.4. The number of hydrogen-bond acceptors (Lipinski definition) is 5. The van der Waals surface area contributed by atoms with Crippen molar-refractivity contribution >= 4 is 18.0 Å². The third kappa shape index (κ3) is 5.17. The zero-order chi connectivity index (χ0) is 23.6. The lowest BCUT2D eigenvalue weighted by Crippen LogP contribution is -2.51. The molecule has 2 aromatic rings. The van der Waals surface area contributed by atoms with Crippen molar-refractivity contribution in [2.24, 2.45) is 0 Å². The van der Waals surface area contributed by atoms with Gasteiger partial charge in [-0.15, -0.1) is 0 Å². The van der Waals surface area contributed by atoms with Gasteiger partial charge in [-0.25, -0.2) is 4.79 Å². The van der Waals surface area contributed by atoms with Crippen LogP contribution in [0.3, 0.4) is 0 Å². The van der Waals surface area contributed by atoms with Crippen LogP contribution in [0.15, 0.2) is 48.5 Å². The smallest absolute Gasteiger partial charge is 0.407 e. The number of alkyl carbamates (subject to hydrolysis) is 1. The summed E-state index contributed by atoms with van der Waals surface area (Å²) >= 11 is 0. The molecule has 1 aliphatic heterocycles. The summed E-state index contributed by atoms with van der Waals surface area (Å²) in [6.45, 7) is 4.25. The molecule has 2 amide bonds. The molecule has 33 heavy (non-hydrogen) atoms. The maximum atomic E-state index is 12.7. The van der Waals surface area contributed by atoms with Crippen molar-refractivity contribution in [3.05, 3.63) is 59.7 Å². The van der Waals surface area contributed by atoms with Crippen molar-refractivity contribution in [3.63, 3.8) is 0 Å². The number of rotatable bonds is 7. The SMILES string of the molecule is CC1(C)CC(NC(=O)C(CC(=O)O)NC(=O)OCC2c3ccccc3-c3ccccc32)CO1. The predicted molar refractivity (Wildman–Crippen MR) is 121 cm³/mol. The third-order valence-electron chi connectivity index (χ3n) is 6.09. The Bertz CT molecular complexity index is 1020. The molecule has 8 heteroatoms. The zero-order valence-electron chi connectivity index (χ0n) is 18.7. The highest BCUT2D eigenvalue weighted by atomic mass is 16.5. The molecule has 174 valence electrons. The van der Waals surface area contributed by atoms with Gasteiger partial charge < -0.3 is 25.2 Å². The van der Waals surface area contributed by atoms with E-state index in [1.54, 1.807) is 0 Å². The highest BCUT2D eigenvalue weighted by Gasteiger charge is 2.35. The van der Waals surface area contributed by atoms with Gasteiger partial charge in [0.2, 0.25) is 5.91 Å². The summed E-state index contributed by atoms with van der Waals surface area (Å²) in [5.74, 6) is -1.90. The van der Waals surface area contributed by atoms with E-state index in [1.165, 1.54) is 0 Å². The van der Waals surface area contributed by atoms with E-state index < -0.39 is 30.4 Å². The number of hydrogen-bond donors (Lipinski definition) is 3. The Labute approximate surface area is 192 Å². The summed E-state index contributed by atoms with van der Waals surface area (Å²) in [6, 6.07) is 14.4. The first-order chi connectivity index (χ1) is 15.7. The minimum absolute atomic E-state index is 0.0753. The number of nitrogens with one attached hydrogen (secondary N) is 2. The molecule has 1 heterocycles. The van der Waals surface area contributed by atoms with Gasteiger partial charge in [0.15, 0.2) is 0 Å². The zero-order valence-corrected chi connectivity index (χ0v) is 18.7. The second-order valence-electron chi connectivity index (χ2n) is 9.10. The van der Waals surface area contributed by atoms with E-state index in [0.717, 1.165) is 22.3 Å². The van der Waals surface area contributed by atoms with Crippen LogP contribution >= 0.6 is 0 Å². The van der Waals surface area contributed by atoms with E-state index in [0.29, 0.717) is 13.0 Å².